The van der Waals surface area contributed by atoms with Gasteiger partial charge in [0.1, 0.15) is 6.04 Å². The van der Waals surface area contributed by atoms with Crippen molar-refractivity contribution in [2.75, 3.05) is 13.6 Å². The van der Waals surface area contributed by atoms with Crippen molar-refractivity contribution in [1.29, 1.82) is 0 Å². The quantitative estimate of drug-likeness (QED) is 0.844. The van der Waals surface area contributed by atoms with Gasteiger partial charge >= 0.3 is 0 Å². The van der Waals surface area contributed by atoms with Crippen molar-refractivity contribution in [2.24, 2.45) is 0 Å². The van der Waals surface area contributed by atoms with E-state index in [1.54, 1.807) is 18.9 Å². The van der Waals surface area contributed by atoms with Crippen LogP contribution in [0.4, 0.5) is 0 Å². The number of carbonyl (C=O) groups excluding carboxylic acids is 2. The van der Waals surface area contributed by atoms with Crippen molar-refractivity contribution in [1.82, 2.24) is 10.2 Å². The first-order valence-electron chi connectivity index (χ1n) is 8.62. The summed E-state index contributed by atoms with van der Waals surface area (Å²) in [4.78, 5) is 26.7. The third-order valence-corrected chi connectivity index (χ3v) is 4.50. The van der Waals surface area contributed by atoms with Crippen molar-refractivity contribution in [3.8, 4) is 0 Å². The lowest BCUT2D eigenvalue weighted by molar-refractivity contribution is -0.139. The van der Waals surface area contributed by atoms with Crippen molar-refractivity contribution < 1.29 is 9.59 Å². The molecular formula is C21H26N2O2. The van der Waals surface area contributed by atoms with Gasteiger partial charge in [-0.1, -0.05) is 54.6 Å². The Kier molecular flexibility index (Phi) is 6.75. The Morgan fingerprint density at radius 1 is 1.04 bits per heavy atom. The van der Waals surface area contributed by atoms with Crippen LogP contribution < -0.4 is 5.32 Å². The van der Waals surface area contributed by atoms with Gasteiger partial charge in [-0.05, 0) is 37.0 Å². The summed E-state index contributed by atoms with van der Waals surface area (Å²) in [7, 11) is 1.60. The van der Waals surface area contributed by atoms with E-state index in [9.17, 15) is 9.59 Å². The van der Waals surface area contributed by atoms with Crippen LogP contribution in [0.3, 0.4) is 0 Å². The van der Waals surface area contributed by atoms with Gasteiger partial charge in [-0.25, -0.2) is 0 Å². The number of hydrogen-bond donors (Lipinski definition) is 1. The Bertz CT molecular complexity index is 713. The van der Waals surface area contributed by atoms with Crippen molar-refractivity contribution in [3.63, 3.8) is 0 Å². The highest BCUT2D eigenvalue weighted by Gasteiger charge is 2.25. The Morgan fingerprint density at radius 2 is 1.68 bits per heavy atom. The Hall–Kier alpha value is -2.62. The minimum Gasteiger partial charge on any atom is -0.357 e. The molecule has 0 saturated carbocycles. The van der Waals surface area contributed by atoms with Crippen LogP contribution in [0.25, 0.3) is 0 Å². The molecule has 0 aromatic heterocycles. The molecule has 0 aliphatic rings. The second-order valence-corrected chi connectivity index (χ2v) is 6.22. The SMILES string of the molecule is CNC(=O)C(C)N(CCc1ccccc1)C(=O)Cc1ccccc1C. The maximum Gasteiger partial charge on any atom is 0.242 e. The largest absolute Gasteiger partial charge is 0.357 e. The van der Waals surface area contributed by atoms with Gasteiger partial charge in [-0.15, -0.1) is 0 Å². The number of amides is 2. The number of nitrogens with zero attached hydrogens (tertiary/aromatic N) is 1. The molecule has 4 nitrogen and oxygen atoms in total. The zero-order valence-corrected chi connectivity index (χ0v) is 15.2. The van der Waals surface area contributed by atoms with E-state index in [2.05, 4.69) is 5.32 Å². The van der Waals surface area contributed by atoms with E-state index < -0.39 is 6.04 Å². The summed E-state index contributed by atoms with van der Waals surface area (Å²) in [6.07, 6.45) is 1.03. The fourth-order valence-electron chi connectivity index (χ4n) is 2.85. The summed E-state index contributed by atoms with van der Waals surface area (Å²) in [5, 5.41) is 2.64. The van der Waals surface area contributed by atoms with E-state index in [0.29, 0.717) is 13.0 Å². The van der Waals surface area contributed by atoms with E-state index in [-0.39, 0.29) is 11.8 Å². The summed E-state index contributed by atoms with van der Waals surface area (Å²) >= 11 is 0. The molecule has 0 saturated heterocycles. The number of likely N-dealkylation sites (N-methyl/N-ethyl adjacent to an activating group) is 1. The van der Waals surface area contributed by atoms with Gasteiger partial charge in [0.05, 0.1) is 6.42 Å². The lowest BCUT2D eigenvalue weighted by atomic mass is 10.0. The highest BCUT2D eigenvalue weighted by Crippen LogP contribution is 2.12. The smallest absolute Gasteiger partial charge is 0.242 e. The van der Waals surface area contributed by atoms with Gasteiger partial charge < -0.3 is 10.2 Å². The van der Waals surface area contributed by atoms with Gasteiger partial charge in [0.2, 0.25) is 11.8 Å². The first kappa shape index (κ1) is 18.7. The van der Waals surface area contributed by atoms with Crippen LogP contribution in [0.1, 0.15) is 23.6 Å². The summed E-state index contributed by atoms with van der Waals surface area (Å²) in [5.41, 5.74) is 3.24. The van der Waals surface area contributed by atoms with Crippen molar-refractivity contribution >= 4 is 11.8 Å². The lowest BCUT2D eigenvalue weighted by Gasteiger charge is -2.28. The molecule has 0 bridgehead atoms. The summed E-state index contributed by atoms with van der Waals surface area (Å²) in [5.74, 6) is -0.174. The molecule has 1 unspecified atom stereocenters. The van der Waals surface area contributed by atoms with Gasteiger partial charge in [0.25, 0.3) is 0 Å². The van der Waals surface area contributed by atoms with Crippen LogP contribution in [-0.2, 0) is 22.4 Å². The van der Waals surface area contributed by atoms with Gasteiger partial charge in [-0.3, -0.25) is 9.59 Å². The fraction of sp³-hybridized carbons (Fsp3) is 0.333. The average Bonchev–Trinajstić information content (AvgIpc) is 2.63. The molecule has 1 N–H and O–H groups in total. The molecule has 2 rings (SSSR count). The number of benzene rings is 2. The molecule has 25 heavy (non-hydrogen) atoms. The second kappa shape index (κ2) is 9.02. The predicted molar refractivity (Wildman–Crippen MR) is 100 cm³/mol. The second-order valence-electron chi connectivity index (χ2n) is 6.22. The molecule has 2 aromatic carbocycles. The molecule has 0 heterocycles. The molecule has 4 heteroatoms. The minimum absolute atomic E-state index is 0.0265. The topological polar surface area (TPSA) is 49.4 Å². The molecule has 0 fully saturated rings. The molecule has 0 spiro atoms. The molecule has 1 atom stereocenters. The van der Waals surface area contributed by atoms with E-state index >= 15 is 0 Å². The Morgan fingerprint density at radius 3 is 2.32 bits per heavy atom. The molecule has 2 aromatic rings. The molecule has 0 aliphatic heterocycles. The van der Waals surface area contributed by atoms with Crippen LogP contribution in [-0.4, -0.2) is 36.3 Å². The number of aryl methyl sites for hydroxylation is 1. The van der Waals surface area contributed by atoms with Crippen LogP contribution >= 0.6 is 0 Å². The zero-order valence-electron chi connectivity index (χ0n) is 15.2. The fourth-order valence-corrected chi connectivity index (χ4v) is 2.85. The molecule has 132 valence electrons. The molecular weight excluding hydrogens is 312 g/mol. The summed E-state index contributed by atoms with van der Waals surface area (Å²) in [6, 6.07) is 17.4. The highest BCUT2D eigenvalue weighted by molar-refractivity contribution is 5.88. The van der Waals surface area contributed by atoms with Gasteiger partial charge in [-0.2, -0.15) is 0 Å². The first-order valence-corrected chi connectivity index (χ1v) is 8.62. The standard InChI is InChI=1S/C21H26N2O2/c1-16-9-7-8-12-19(16)15-20(24)23(17(2)21(25)22-3)14-13-18-10-5-4-6-11-18/h4-12,17H,13-15H2,1-3H3,(H,22,25). The van der Waals surface area contributed by atoms with E-state index in [1.165, 1.54) is 0 Å². The third kappa shape index (κ3) is 5.18. The summed E-state index contributed by atoms with van der Waals surface area (Å²) < 4.78 is 0. The normalized spacial score (nSPS) is 11.6. The van der Waals surface area contributed by atoms with Crippen LogP contribution in [0, 0.1) is 6.92 Å². The predicted octanol–water partition coefficient (Wildman–Crippen LogP) is 2.74. The molecule has 0 aliphatic carbocycles. The first-order chi connectivity index (χ1) is 12.0. The molecule has 2 amide bonds. The zero-order chi connectivity index (χ0) is 18.2. The van der Waals surface area contributed by atoms with E-state index in [1.807, 2.05) is 61.5 Å². The van der Waals surface area contributed by atoms with E-state index in [0.717, 1.165) is 23.1 Å². The molecule has 0 radical (unpaired) electrons. The van der Waals surface area contributed by atoms with Gasteiger partial charge in [0.15, 0.2) is 0 Å². The van der Waals surface area contributed by atoms with Crippen LogP contribution in [0.15, 0.2) is 54.6 Å². The Balaban J connectivity index is 2.13. The number of rotatable bonds is 7. The monoisotopic (exact) mass is 338 g/mol. The number of nitrogens with one attached hydrogen (secondary N) is 1. The third-order valence-electron chi connectivity index (χ3n) is 4.50. The van der Waals surface area contributed by atoms with E-state index in [4.69, 9.17) is 0 Å². The maximum atomic E-state index is 12.9. The number of carbonyl (C=O) groups is 2. The summed E-state index contributed by atoms with van der Waals surface area (Å²) in [6.45, 7) is 4.29. The van der Waals surface area contributed by atoms with Crippen molar-refractivity contribution in [3.05, 3.63) is 71.3 Å². The van der Waals surface area contributed by atoms with Crippen LogP contribution in [0.5, 0.6) is 0 Å². The Labute approximate surface area is 149 Å². The van der Waals surface area contributed by atoms with Gasteiger partial charge in [0, 0.05) is 13.6 Å². The maximum absolute atomic E-state index is 12.9. The lowest BCUT2D eigenvalue weighted by Crippen LogP contribution is -2.48. The van der Waals surface area contributed by atoms with Crippen molar-refractivity contribution in [2.45, 2.75) is 32.7 Å². The minimum atomic E-state index is -0.495. The number of hydrogen-bond acceptors (Lipinski definition) is 2. The van der Waals surface area contributed by atoms with Crippen LogP contribution in [0.2, 0.25) is 0 Å². The average molecular weight is 338 g/mol. The highest BCUT2D eigenvalue weighted by atomic mass is 16.2.